The number of carbonyl (C=O) groups is 1. The quantitative estimate of drug-likeness (QED) is 0.676. The van der Waals surface area contributed by atoms with Crippen molar-refractivity contribution in [2.45, 2.75) is 45.1 Å². The minimum Gasteiger partial charge on any atom is -0.396 e. The fraction of sp³-hybridized carbons (Fsp3) is 0.917. The van der Waals surface area contributed by atoms with E-state index in [1.165, 1.54) is 12.8 Å². The standard InChI is InChI=1S/C12H24N2O2/c1-2-13-12(16)7-9-14-8-3-5-11(14)6-4-10-15/h11,15H,2-10H2,1H3,(H,13,16). The summed E-state index contributed by atoms with van der Waals surface area (Å²) in [7, 11) is 0. The summed E-state index contributed by atoms with van der Waals surface area (Å²) < 4.78 is 0. The molecule has 0 aliphatic carbocycles. The third-order valence-corrected chi connectivity index (χ3v) is 3.19. The lowest BCUT2D eigenvalue weighted by molar-refractivity contribution is -0.121. The number of nitrogens with one attached hydrogen (secondary N) is 1. The van der Waals surface area contributed by atoms with Crippen molar-refractivity contribution in [3.05, 3.63) is 0 Å². The zero-order valence-corrected chi connectivity index (χ0v) is 10.2. The third kappa shape index (κ3) is 4.49. The minimum absolute atomic E-state index is 0.148. The van der Waals surface area contributed by atoms with Crippen LogP contribution in [0.3, 0.4) is 0 Å². The molecule has 16 heavy (non-hydrogen) atoms. The maximum absolute atomic E-state index is 11.3. The lowest BCUT2D eigenvalue weighted by Crippen LogP contribution is -2.34. The summed E-state index contributed by atoms with van der Waals surface area (Å²) in [4.78, 5) is 13.7. The van der Waals surface area contributed by atoms with E-state index in [4.69, 9.17) is 5.11 Å². The second-order valence-electron chi connectivity index (χ2n) is 4.40. The van der Waals surface area contributed by atoms with E-state index in [1.54, 1.807) is 0 Å². The molecule has 1 unspecified atom stereocenters. The van der Waals surface area contributed by atoms with Crippen LogP contribution in [0.4, 0.5) is 0 Å². The van der Waals surface area contributed by atoms with Gasteiger partial charge in [0.15, 0.2) is 0 Å². The Kier molecular flexibility index (Phi) is 6.42. The molecule has 1 aliphatic rings. The van der Waals surface area contributed by atoms with Crippen LogP contribution in [-0.4, -0.2) is 48.2 Å². The van der Waals surface area contributed by atoms with Crippen molar-refractivity contribution >= 4 is 5.91 Å². The molecule has 1 rings (SSSR count). The lowest BCUT2D eigenvalue weighted by Gasteiger charge is -2.23. The van der Waals surface area contributed by atoms with Crippen molar-refractivity contribution < 1.29 is 9.90 Å². The molecule has 2 N–H and O–H groups in total. The van der Waals surface area contributed by atoms with E-state index in [2.05, 4.69) is 10.2 Å². The van der Waals surface area contributed by atoms with Gasteiger partial charge in [-0.25, -0.2) is 0 Å². The predicted octanol–water partition coefficient (Wildman–Crippen LogP) is 0.749. The summed E-state index contributed by atoms with van der Waals surface area (Å²) in [6, 6.07) is 0.585. The summed E-state index contributed by atoms with van der Waals surface area (Å²) in [6.07, 6.45) is 4.98. The van der Waals surface area contributed by atoms with E-state index >= 15 is 0 Å². The molecule has 0 spiro atoms. The minimum atomic E-state index is 0.148. The van der Waals surface area contributed by atoms with Gasteiger partial charge in [0.1, 0.15) is 0 Å². The molecule has 4 heteroatoms. The van der Waals surface area contributed by atoms with E-state index in [-0.39, 0.29) is 12.5 Å². The number of amides is 1. The van der Waals surface area contributed by atoms with Gasteiger partial charge in [0.25, 0.3) is 0 Å². The topological polar surface area (TPSA) is 52.6 Å². The van der Waals surface area contributed by atoms with Gasteiger partial charge < -0.3 is 10.4 Å². The maximum Gasteiger partial charge on any atom is 0.221 e. The van der Waals surface area contributed by atoms with Gasteiger partial charge in [-0.2, -0.15) is 0 Å². The summed E-state index contributed by atoms with van der Waals surface area (Å²) in [6.45, 7) is 4.91. The highest BCUT2D eigenvalue weighted by molar-refractivity contribution is 5.75. The molecule has 0 saturated carbocycles. The van der Waals surface area contributed by atoms with E-state index in [9.17, 15) is 4.79 Å². The molecule has 4 nitrogen and oxygen atoms in total. The Hall–Kier alpha value is -0.610. The van der Waals surface area contributed by atoms with Crippen molar-refractivity contribution in [1.29, 1.82) is 0 Å². The van der Waals surface area contributed by atoms with Gasteiger partial charge >= 0.3 is 0 Å². The van der Waals surface area contributed by atoms with E-state index in [1.807, 2.05) is 6.92 Å². The predicted molar refractivity (Wildman–Crippen MR) is 64.2 cm³/mol. The molecule has 94 valence electrons. The first-order valence-corrected chi connectivity index (χ1v) is 6.39. The molecule has 1 fully saturated rings. The van der Waals surface area contributed by atoms with Crippen molar-refractivity contribution in [3.8, 4) is 0 Å². The van der Waals surface area contributed by atoms with E-state index < -0.39 is 0 Å². The average Bonchev–Trinajstić information content (AvgIpc) is 2.71. The molecule has 0 radical (unpaired) electrons. The zero-order valence-electron chi connectivity index (χ0n) is 10.2. The SMILES string of the molecule is CCNC(=O)CCN1CCCC1CCCO. The molecule has 0 aromatic heterocycles. The molecule has 1 amide bonds. The number of hydrogen-bond acceptors (Lipinski definition) is 3. The highest BCUT2D eigenvalue weighted by atomic mass is 16.2. The first-order chi connectivity index (χ1) is 7.77. The number of likely N-dealkylation sites (tertiary alicyclic amines) is 1. The van der Waals surface area contributed by atoms with Gasteiger partial charge in [0.05, 0.1) is 0 Å². The molecule has 1 heterocycles. The van der Waals surface area contributed by atoms with Crippen LogP contribution in [0.1, 0.15) is 39.0 Å². The number of aliphatic hydroxyl groups is 1. The Morgan fingerprint density at radius 3 is 3.06 bits per heavy atom. The third-order valence-electron chi connectivity index (χ3n) is 3.19. The van der Waals surface area contributed by atoms with Crippen LogP contribution in [0, 0.1) is 0 Å². The van der Waals surface area contributed by atoms with Gasteiger partial charge in [-0.05, 0) is 39.2 Å². The second-order valence-corrected chi connectivity index (χ2v) is 4.40. The molecule has 0 aromatic rings. The van der Waals surface area contributed by atoms with E-state index in [0.29, 0.717) is 19.0 Å². The molecular formula is C12H24N2O2. The number of carbonyl (C=O) groups excluding carboxylic acids is 1. The van der Waals surface area contributed by atoms with Crippen LogP contribution in [0.25, 0.3) is 0 Å². The highest BCUT2D eigenvalue weighted by Crippen LogP contribution is 2.21. The van der Waals surface area contributed by atoms with Gasteiger partial charge in [0.2, 0.25) is 5.91 Å². The summed E-state index contributed by atoms with van der Waals surface area (Å²) in [5, 5.41) is 11.6. The smallest absolute Gasteiger partial charge is 0.221 e. The largest absolute Gasteiger partial charge is 0.396 e. The first-order valence-electron chi connectivity index (χ1n) is 6.39. The van der Waals surface area contributed by atoms with E-state index in [0.717, 1.165) is 25.9 Å². The molecule has 1 saturated heterocycles. The Bertz CT molecular complexity index is 209. The number of rotatable bonds is 7. The normalized spacial score (nSPS) is 21.2. The summed E-state index contributed by atoms with van der Waals surface area (Å²) >= 11 is 0. The second kappa shape index (κ2) is 7.63. The van der Waals surface area contributed by atoms with Crippen LogP contribution >= 0.6 is 0 Å². The summed E-state index contributed by atoms with van der Waals surface area (Å²) in [5.74, 6) is 0.148. The van der Waals surface area contributed by atoms with Crippen molar-refractivity contribution in [1.82, 2.24) is 10.2 Å². The van der Waals surface area contributed by atoms with Crippen molar-refractivity contribution in [2.24, 2.45) is 0 Å². The van der Waals surface area contributed by atoms with Gasteiger partial charge in [-0.1, -0.05) is 0 Å². The van der Waals surface area contributed by atoms with Crippen LogP contribution in [-0.2, 0) is 4.79 Å². The van der Waals surface area contributed by atoms with Gasteiger partial charge in [-0.15, -0.1) is 0 Å². The number of hydrogen-bond donors (Lipinski definition) is 2. The first kappa shape index (κ1) is 13.5. The van der Waals surface area contributed by atoms with Crippen LogP contribution in [0.2, 0.25) is 0 Å². The van der Waals surface area contributed by atoms with Crippen LogP contribution in [0.5, 0.6) is 0 Å². The fourth-order valence-electron chi connectivity index (χ4n) is 2.37. The molecule has 0 aromatic carbocycles. The molecule has 1 atom stereocenters. The molecule has 1 aliphatic heterocycles. The van der Waals surface area contributed by atoms with Gasteiger partial charge in [-0.3, -0.25) is 9.69 Å². The van der Waals surface area contributed by atoms with Crippen LogP contribution in [0.15, 0.2) is 0 Å². The monoisotopic (exact) mass is 228 g/mol. The van der Waals surface area contributed by atoms with Crippen molar-refractivity contribution in [3.63, 3.8) is 0 Å². The number of aliphatic hydroxyl groups excluding tert-OH is 1. The zero-order chi connectivity index (χ0) is 11.8. The Balaban J connectivity index is 2.21. The van der Waals surface area contributed by atoms with Crippen LogP contribution < -0.4 is 5.32 Å². The average molecular weight is 228 g/mol. The Morgan fingerprint density at radius 1 is 1.56 bits per heavy atom. The molecule has 0 bridgehead atoms. The Labute approximate surface area is 98.0 Å². The Morgan fingerprint density at radius 2 is 2.38 bits per heavy atom. The lowest BCUT2D eigenvalue weighted by atomic mass is 10.1. The maximum atomic E-state index is 11.3. The van der Waals surface area contributed by atoms with Crippen molar-refractivity contribution in [2.75, 3.05) is 26.2 Å². The fourth-order valence-corrected chi connectivity index (χ4v) is 2.37. The number of nitrogens with zero attached hydrogens (tertiary/aromatic N) is 1. The molecular weight excluding hydrogens is 204 g/mol. The summed E-state index contributed by atoms with van der Waals surface area (Å²) in [5.41, 5.74) is 0. The van der Waals surface area contributed by atoms with Gasteiger partial charge in [0, 0.05) is 32.2 Å². The highest BCUT2D eigenvalue weighted by Gasteiger charge is 2.23.